The maximum absolute atomic E-state index is 3.49. The van der Waals surface area contributed by atoms with Crippen molar-refractivity contribution in [3.8, 4) is 0 Å². The fraction of sp³-hybridized carbons (Fsp3) is 0.647. The molecule has 1 heterocycles. The second-order valence-electron chi connectivity index (χ2n) is 6.53. The Bertz CT molecular complexity index is 414. The Balaban J connectivity index is 1.91. The number of hydrogen-bond donors (Lipinski definition) is 1. The largest absolute Gasteiger partial charge is 0.312 e. The Kier molecular flexibility index (Phi) is 3.43. The fourth-order valence-electron chi connectivity index (χ4n) is 4.14. The van der Waals surface area contributed by atoms with Crippen LogP contribution in [0.3, 0.4) is 0 Å². The molecule has 0 saturated heterocycles. The second-order valence-corrected chi connectivity index (χ2v) is 6.53. The molecule has 1 saturated carbocycles. The standard InChI is InChI=1S/C17H25N/c1-12-8-13(2)10-15(9-12)16-5-3-4-14-11-18-7-6-17(14)16/h3-5,12-13,15,18H,6-11H2,1-2H3. The molecule has 1 aromatic carbocycles. The van der Waals surface area contributed by atoms with Gasteiger partial charge in [-0.25, -0.2) is 0 Å². The van der Waals surface area contributed by atoms with E-state index in [1.54, 1.807) is 16.7 Å². The van der Waals surface area contributed by atoms with Gasteiger partial charge in [0.15, 0.2) is 0 Å². The topological polar surface area (TPSA) is 12.0 Å². The van der Waals surface area contributed by atoms with Gasteiger partial charge in [0.1, 0.15) is 0 Å². The average molecular weight is 243 g/mol. The maximum Gasteiger partial charge on any atom is 0.0208 e. The van der Waals surface area contributed by atoms with E-state index in [4.69, 9.17) is 0 Å². The molecule has 0 bridgehead atoms. The first-order chi connectivity index (χ1) is 8.74. The van der Waals surface area contributed by atoms with Crippen LogP contribution in [0.15, 0.2) is 18.2 Å². The summed E-state index contributed by atoms with van der Waals surface area (Å²) in [6.07, 6.45) is 5.44. The van der Waals surface area contributed by atoms with Gasteiger partial charge in [-0.1, -0.05) is 32.0 Å². The summed E-state index contributed by atoms with van der Waals surface area (Å²) in [5, 5.41) is 3.49. The number of rotatable bonds is 1. The van der Waals surface area contributed by atoms with Crippen molar-refractivity contribution in [3.05, 3.63) is 34.9 Å². The van der Waals surface area contributed by atoms with Crippen molar-refractivity contribution < 1.29 is 0 Å². The normalized spacial score (nSPS) is 32.0. The Labute approximate surface area is 111 Å². The van der Waals surface area contributed by atoms with Crippen LogP contribution in [0.25, 0.3) is 0 Å². The Hall–Kier alpha value is -0.820. The Morgan fingerprint density at radius 2 is 1.83 bits per heavy atom. The Morgan fingerprint density at radius 3 is 2.61 bits per heavy atom. The lowest BCUT2D eigenvalue weighted by molar-refractivity contribution is 0.267. The molecule has 1 fully saturated rings. The summed E-state index contributed by atoms with van der Waals surface area (Å²) < 4.78 is 0. The van der Waals surface area contributed by atoms with Crippen molar-refractivity contribution in [2.24, 2.45) is 11.8 Å². The predicted molar refractivity (Wildman–Crippen MR) is 76.8 cm³/mol. The van der Waals surface area contributed by atoms with Crippen molar-refractivity contribution in [2.45, 2.75) is 52.0 Å². The third-order valence-electron chi connectivity index (χ3n) is 4.79. The zero-order valence-electron chi connectivity index (χ0n) is 11.7. The van der Waals surface area contributed by atoms with E-state index in [0.29, 0.717) is 0 Å². The maximum atomic E-state index is 3.49. The van der Waals surface area contributed by atoms with Crippen LogP contribution in [0.4, 0.5) is 0 Å². The molecule has 2 atom stereocenters. The first kappa shape index (κ1) is 12.2. The third-order valence-corrected chi connectivity index (χ3v) is 4.79. The summed E-state index contributed by atoms with van der Waals surface area (Å²) in [6.45, 7) is 7.09. The molecule has 98 valence electrons. The molecule has 3 rings (SSSR count). The van der Waals surface area contributed by atoms with Gasteiger partial charge in [-0.3, -0.25) is 0 Å². The molecular formula is C17H25N. The molecule has 1 N–H and O–H groups in total. The lowest BCUT2D eigenvalue weighted by atomic mass is 9.72. The van der Waals surface area contributed by atoms with Crippen LogP contribution in [-0.2, 0) is 13.0 Å². The van der Waals surface area contributed by atoms with Crippen molar-refractivity contribution >= 4 is 0 Å². The van der Waals surface area contributed by atoms with E-state index in [1.165, 1.54) is 25.7 Å². The fourth-order valence-corrected chi connectivity index (χ4v) is 4.14. The molecule has 1 heteroatoms. The smallest absolute Gasteiger partial charge is 0.0208 e. The van der Waals surface area contributed by atoms with Crippen LogP contribution >= 0.6 is 0 Å². The van der Waals surface area contributed by atoms with Gasteiger partial charge in [-0.15, -0.1) is 0 Å². The van der Waals surface area contributed by atoms with E-state index in [9.17, 15) is 0 Å². The van der Waals surface area contributed by atoms with E-state index in [0.717, 1.165) is 30.8 Å². The summed E-state index contributed by atoms with van der Waals surface area (Å²) in [6, 6.07) is 6.98. The first-order valence-corrected chi connectivity index (χ1v) is 7.55. The van der Waals surface area contributed by atoms with Crippen LogP contribution < -0.4 is 5.32 Å². The minimum absolute atomic E-state index is 0.816. The summed E-state index contributed by atoms with van der Waals surface area (Å²) >= 11 is 0. The monoisotopic (exact) mass is 243 g/mol. The SMILES string of the molecule is CC1CC(C)CC(c2cccc3c2CCNC3)C1. The molecule has 1 aliphatic carbocycles. The van der Waals surface area contributed by atoms with Crippen LogP contribution in [0.2, 0.25) is 0 Å². The number of benzene rings is 1. The molecule has 0 aromatic heterocycles. The highest BCUT2D eigenvalue weighted by atomic mass is 14.9. The minimum atomic E-state index is 0.816. The van der Waals surface area contributed by atoms with Crippen molar-refractivity contribution in [1.82, 2.24) is 5.32 Å². The van der Waals surface area contributed by atoms with Gasteiger partial charge in [-0.05, 0) is 66.7 Å². The molecule has 18 heavy (non-hydrogen) atoms. The van der Waals surface area contributed by atoms with Crippen molar-refractivity contribution in [1.29, 1.82) is 0 Å². The number of nitrogens with one attached hydrogen (secondary N) is 1. The van der Waals surface area contributed by atoms with Gasteiger partial charge < -0.3 is 5.32 Å². The van der Waals surface area contributed by atoms with Crippen LogP contribution in [0.1, 0.15) is 55.7 Å². The molecule has 0 amide bonds. The van der Waals surface area contributed by atoms with E-state index < -0.39 is 0 Å². The van der Waals surface area contributed by atoms with E-state index in [1.807, 2.05) is 0 Å². The first-order valence-electron chi connectivity index (χ1n) is 7.55. The summed E-state index contributed by atoms with van der Waals surface area (Å²) in [4.78, 5) is 0. The van der Waals surface area contributed by atoms with Gasteiger partial charge in [-0.2, -0.15) is 0 Å². The molecule has 1 aromatic rings. The molecule has 2 unspecified atom stereocenters. The van der Waals surface area contributed by atoms with Gasteiger partial charge in [0, 0.05) is 6.54 Å². The minimum Gasteiger partial charge on any atom is -0.312 e. The van der Waals surface area contributed by atoms with E-state index in [-0.39, 0.29) is 0 Å². The average Bonchev–Trinajstić information content (AvgIpc) is 2.37. The highest BCUT2D eigenvalue weighted by Gasteiger charge is 2.27. The summed E-state index contributed by atoms with van der Waals surface area (Å²) in [5.74, 6) is 2.62. The predicted octanol–water partition coefficient (Wildman–Crippen LogP) is 3.87. The van der Waals surface area contributed by atoms with E-state index >= 15 is 0 Å². The summed E-state index contributed by atoms with van der Waals surface area (Å²) in [7, 11) is 0. The van der Waals surface area contributed by atoms with Gasteiger partial charge >= 0.3 is 0 Å². The van der Waals surface area contributed by atoms with Crippen LogP contribution in [0, 0.1) is 11.8 Å². The number of hydrogen-bond acceptors (Lipinski definition) is 1. The molecule has 1 nitrogen and oxygen atoms in total. The lowest BCUT2D eigenvalue weighted by Crippen LogP contribution is -2.26. The third kappa shape index (κ3) is 2.33. The lowest BCUT2D eigenvalue weighted by Gasteiger charge is -2.34. The Morgan fingerprint density at radius 1 is 1.06 bits per heavy atom. The van der Waals surface area contributed by atoms with Crippen molar-refractivity contribution in [3.63, 3.8) is 0 Å². The molecule has 1 aliphatic heterocycles. The highest BCUT2D eigenvalue weighted by molar-refractivity contribution is 5.39. The van der Waals surface area contributed by atoms with Gasteiger partial charge in [0.05, 0.1) is 0 Å². The number of fused-ring (bicyclic) bond motifs is 1. The van der Waals surface area contributed by atoms with Gasteiger partial charge in [0.25, 0.3) is 0 Å². The summed E-state index contributed by atoms with van der Waals surface area (Å²) in [5.41, 5.74) is 4.89. The van der Waals surface area contributed by atoms with Crippen LogP contribution in [-0.4, -0.2) is 6.54 Å². The van der Waals surface area contributed by atoms with E-state index in [2.05, 4.69) is 37.4 Å². The molecule has 0 radical (unpaired) electrons. The molecular weight excluding hydrogens is 218 g/mol. The zero-order chi connectivity index (χ0) is 12.5. The van der Waals surface area contributed by atoms with Crippen LogP contribution in [0.5, 0.6) is 0 Å². The zero-order valence-corrected chi connectivity index (χ0v) is 11.7. The molecule has 0 spiro atoms. The highest BCUT2D eigenvalue weighted by Crippen LogP contribution is 2.41. The van der Waals surface area contributed by atoms with Gasteiger partial charge in [0.2, 0.25) is 0 Å². The van der Waals surface area contributed by atoms with Crippen molar-refractivity contribution in [2.75, 3.05) is 6.54 Å². The second kappa shape index (κ2) is 5.05. The quantitative estimate of drug-likeness (QED) is 0.789. The molecule has 2 aliphatic rings.